The molecule has 1 aromatic carbocycles. The fraction of sp³-hybridized carbons (Fsp3) is 0.250. The summed E-state index contributed by atoms with van der Waals surface area (Å²) in [7, 11) is 0. The molecule has 0 aliphatic rings. The molecule has 0 bridgehead atoms. The number of nitrogens with zero attached hydrogens (tertiary/aromatic N) is 1. The quantitative estimate of drug-likeness (QED) is 0.776. The van der Waals surface area contributed by atoms with Gasteiger partial charge in [0.15, 0.2) is 11.9 Å². The van der Waals surface area contributed by atoms with Crippen molar-refractivity contribution in [3.05, 3.63) is 34.9 Å². The third-order valence-electron chi connectivity index (χ3n) is 2.34. The topological polar surface area (TPSA) is 98.4 Å². The summed E-state index contributed by atoms with van der Waals surface area (Å²) in [6.45, 7) is 0. The van der Waals surface area contributed by atoms with Gasteiger partial charge in [0.1, 0.15) is 0 Å². The molecule has 6 heteroatoms. The number of aliphatic hydroxyl groups excluding tert-OH is 1. The molecule has 94 valence electrons. The van der Waals surface area contributed by atoms with E-state index in [1.54, 1.807) is 0 Å². The summed E-state index contributed by atoms with van der Waals surface area (Å²) in [5.74, 6) is -1.86. The van der Waals surface area contributed by atoms with Crippen LogP contribution in [0.25, 0.3) is 0 Å². The van der Waals surface area contributed by atoms with Crippen LogP contribution < -0.4 is 0 Å². The highest BCUT2D eigenvalue weighted by atomic mass is 35.5. The second kappa shape index (κ2) is 6.15. The molecule has 0 saturated carbocycles. The van der Waals surface area contributed by atoms with Gasteiger partial charge in [-0.3, -0.25) is 4.79 Å². The Morgan fingerprint density at radius 2 is 2.11 bits per heavy atom. The van der Waals surface area contributed by atoms with Gasteiger partial charge in [-0.2, -0.15) is 5.26 Å². The summed E-state index contributed by atoms with van der Waals surface area (Å²) in [5.41, 5.74) is 0.745. The minimum absolute atomic E-state index is 0.0629. The van der Waals surface area contributed by atoms with Crippen LogP contribution in [0.1, 0.15) is 22.8 Å². The number of halogens is 1. The summed E-state index contributed by atoms with van der Waals surface area (Å²) in [5, 5.41) is 26.9. The van der Waals surface area contributed by atoms with Crippen LogP contribution in [0.15, 0.2) is 18.2 Å². The molecule has 2 N–H and O–H groups in total. The fourth-order valence-corrected chi connectivity index (χ4v) is 1.54. The largest absolute Gasteiger partial charge is 0.479 e. The van der Waals surface area contributed by atoms with Crippen molar-refractivity contribution >= 4 is 23.4 Å². The van der Waals surface area contributed by atoms with Gasteiger partial charge in [0, 0.05) is 6.42 Å². The molecule has 5 nitrogen and oxygen atoms in total. The maximum Gasteiger partial charge on any atom is 0.337 e. The first-order valence-corrected chi connectivity index (χ1v) is 5.54. The number of hydrogen-bond acceptors (Lipinski definition) is 4. The highest BCUT2D eigenvalue weighted by molar-refractivity contribution is 6.27. The summed E-state index contributed by atoms with van der Waals surface area (Å²) < 4.78 is 0. The summed E-state index contributed by atoms with van der Waals surface area (Å²) in [6.07, 6.45) is -1.74. The average molecular weight is 268 g/mol. The number of benzene rings is 1. The first kappa shape index (κ1) is 14.2. The smallest absolute Gasteiger partial charge is 0.337 e. The lowest BCUT2D eigenvalue weighted by Crippen LogP contribution is -2.12. The maximum atomic E-state index is 11.2. The van der Waals surface area contributed by atoms with Crippen LogP contribution in [0.3, 0.4) is 0 Å². The molecule has 1 unspecified atom stereocenters. The Kier molecular flexibility index (Phi) is 4.84. The van der Waals surface area contributed by atoms with Crippen molar-refractivity contribution in [1.82, 2.24) is 0 Å². The number of ketones is 1. The van der Waals surface area contributed by atoms with E-state index in [1.807, 2.05) is 6.07 Å². The van der Waals surface area contributed by atoms with Crippen molar-refractivity contribution < 1.29 is 19.8 Å². The molecule has 0 amide bonds. The van der Waals surface area contributed by atoms with Gasteiger partial charge in [0.05, 0.1) is 17.5 Å². The lowest BCUT2D eigenvalue weighted by Gasteiger charge is -2.09. The molecule has 0 aliphatic carbocycles. The van der Waals surface area contributed by atoms with Crippen LogP contribution in [0.4, 0.5) is 0 Å². The zero-order chi connectivity index (χ0) is 13.7. The van der Waals surface area contributed by atoms with E-state index in [9.17, 15) is 14.7 Å². The molecular weight excluding hydrogens is 258 g/mol. The molecule has 18 heavy (non-hydrogen) atoms. The second-order valence-electron chi connectivity index (χ2n) is 3.62. The Hall–Kier alpha value is -1.90. The molecule has 1 rings (SSSR count). The van der Waals surface area contributed by atoms with Gasteiger partial charge in [-0.15, -0.1) is 11.6 Å². The zero-order valence-electron chi connectivity index (χ0n) is 9.26. The van der Waals surface area contributed by atoms with E-state index in [1.165, 1.54) is 18.2 Å². The predicted molar refractivity (Wildman–Crippen MR) is 63.2 cm³/mol. The van der Waals surface area contributed by atoms with Crippen molar-refractivity contribution in [2.75, 3.05) is 5.88 Å². The number of alkyl halides is 1. The van der Waals surface area contributed by atoms with Crippen LogP contribution in [0, 0.1) is 11.3 Å². The van der Waals surface area contributed by atoms with E-state index in [-0.39, 0.29) is 29.2 Å². The molecule has 0 heterocycles. The molecular formula is C12H10ClNO4. The molecule has 1 aromatic rings. The Labute approximate surface area is 108 Å². The average Bonchev–Trinajstić information content (AvgIpc) is 2.37. The standard InChI is InChI=1S/C12H10ClNO4/c13-5-10(15)4-9-3-7(11(16)12(17)18)1-2-8(9)6-14/h1-3,11,16H,4-5H2,(H,17,18). The summed E-state index contributed by atoms with van der Waals surface area (Å²) in [4.78, 5) is 21.9. The van der Waals surface area contributed by atoms with E-state index in [0.29, 0.717) is 5.56 Å². The Morgan fingerprint density at radius 1 is 1.44 bits per heavy atom. The molecule has 0 spiro atoms. The van der Waals surface area contributed by atoms with Crippen molar-refractivity contribution in [1.29, 1.82) is 5.26 Å². The molecule has 1 atom stereocenters. The van der Waals surface area contributed by atoms with E-state index in [0.717, 1.165) is 0 Å². The number of nitriles is 1. The normalized spacial score (nSPS) is 11.6. The van der Waals surface area contributed by atoms with Gasteiger partial charge in [-0.1, -0.05) is 12.1 Å². The van der Waals surface area contributed by atoms with Crippen LogP contribution in [-0.4, -0.2) is 27.8 Å². The zero-order valence-corrected chi connectivity index (χ0v) is 10.0. The SMILES string of the molecule is N#Cc1ccc(C(O)C(=O)O)cc1CC(=O)CCl. The van der Waals surface area contributed by atoms with Gasteiger partial charge in [0.25, 0.3) is 0 Å². The number of Topliss-reactive ketones (excluding diaryl/α,β-unsaturated/α-hetero) is 1. The number of aliphatic hydroxyl groups is 1. The number of carbonyl (C=O) groups excluding carboxylic acids is 1. The molecule has 0 radical (unpaired) electrons. The van der Waals surface area contributed by atoms with Gasteiger partial charge in [-0.25, -0.2) is 4.79 Å². The third kappa shape index (κ3) is 3.29. The van der Waals surface area contributed by atoms with Crippen molar-refractivity contribution in [3.8, 4) is 6.07 Å². The molecule has 0 aromatic heterocycles. The highest BCUT2D eigenvalue weighted by Gasteiger charge is 2.18. The van der Waals surface area contributed by atoms with Crippen LogP contribution in [-0.2, 0) is 16.0 Å². The van der Waals surface area contributed by atoms with Crippen LogP contribution >= 0.6 is 11.6 Å². The Balaban J connectivity index is 3.14. The minimum atomic E-state index is -1.68. The number of carboxylic acids is 1. The Morgan fingerprint density at radius 3 is 2.61 bits per heavy atom. The lowest BCUT2D eigenvalue weighted by atomic mass is 9.98. The number of rotatable bonds is 5. The van der Waals surface area contributed by atoms with E-state index < -0.39 is 12.1 Å². The highest BCUT2D eigenvalue weighted by Crippen LogP contribution is 2.18. The number of carboxylic acid groups (broad SMARTS) is 1. The second-order valence-corrected chi connectivity index (χ2v) is 3.89. The molecule has 0 saturated heterocycles. The maximum absolute atomic E-state index is 11.2. The minimum Gasteiger partial charge on any atom is -0.479 e. The monoisotopic (exact) mass is 267 g/mol. The fourth-order valence-electron chi connectivity index (χ4n) is 1.44. The van der Waals surface area contributed by atoms with E-state index >= 15 is 0 Å². The lowest BCUT2D eigenvalue weighted by molar-refractivity contribution is -0.146. The third-order valence-corrected chi connectivity index (χ3v) is 2.63. The van der Waals surface area contributed by atoms with Gasteiger partial charge in [-0.05, 0) is 17.2 Å². The number of aliphatic carboxylic acids is 1. The summed E-state index contributed by atoms with van der Waals surface area (Å²) >= 11 is 5.37. The van der Waals surface area contributed by atoms with Gasteiger partial charge in [0.2, 0.25) is 0 Å². The number of carbonyl (C=O) groups is 2. The van der Waals surface area contributed by atoms with Crippen LogP contribution in [0.5, 0.6) is 0 Å². The molecule has 0 aliphatic heterocycles. The van der Waals surface area contributed by atoms with E-state index in [2.05, 4.69) is 0 Å². The van der Waals surface area contributed by atoms with E-state index in [4.69, 9.17) is 22.0 Å². The number of hydrogen-bond donors (Lipinski definition) is 2. The predicted octanol–water partition coefficient (Wildman–Crippen LogP) is 1.03. The van der Waals surface area contributed by atoms with Gasteiger partial charge >= 0.3 is 5.97 Å². The molecule has 0 fully saturated rings. The van der Waals surface area contributed by atoms with Crippen LogP contribution in [0.2, 0.25) is 0 Å². The first-order chi connectivity index (χ1) is 8.49. The summed E-state index contributed by atoms with van der Waals surface area (Å²) in [6, 6.07) is 5.94. The van der Waals surface area contributed by atoms with Crippen molar-refractivity contribution in [3.63, 3.8) is 0 Å². The van der Waals surface area contributed by atoms with Crippen molar-refractivity contribution in [2.45, 2.75) is 12.5 Å². The first-order valence-electron chi connectivity index (χ1n) is 5.01. The van der Waals surface area contributed by atoms with Crippen molar-refractivity contribution in [2.24, 2.45) is 0 Å². The van der Waals surface area contributed by atoms with Gasteiger partial charge < -0.3 is 10.2 Å². The Bertz CT molecular complexity index is 521.